The molecule has 0 aliphatic rings. The molecule has 6 rings (SSSR count). The van der Waals surface area contributed by atoms with Crippen LogP contribution in [0.15, 0.2) is 102 Å². The number of rotatable bonds is 5. The summed E-state index contributed by atoms with van der Waals surface area (Å²) in [6.07, 6.45) is 0. The second-order valence-electron chi connectivity index (χ2n) is 8.38. The number of pyridine rings is 1. The van der Waals surface area contributed by atoms with Crippen LogP contribution >= 0.6 is 15.9 Å². The summed E-state index contributed by atoms with van der Waals surface area (Å²) in [5, 5.41) is 8.02. The highest BCUT2D eigenvalue weighted by atomic mass is 79.9. The lowest BCUT2D eigenvalue weighted by molar-refractivity contribution is 0.356. The number of fused-ring (bicyclic) bond motifs is 3. The van der Waals surface area contributed by atoms with Gasteiger partial charge < -0.3 is 9.47 Å². The summed E-state index contributed by atoms with van der Waals surface area (Å²) in [6.45, 7) is 0. The Labute approximate surface area is 217 Å². The standard InChI is InChI=1S/C30H22BrN3O2/c1-35-25-17-23-24(18-26(25)36-2)28(20-12-9-13-21(31)16-20)32-30-27(23)29(19-10-5-3-6-11-19)33-34(30)22-14-7-4-8-15-22/h3-18H,1-2H3. The Kier molecular flexibility index (Phi) is 5.66. The van der Waals surface area contributed by atoms with E-state index in [1.165, 1.54) is 0 Å². The molecule has 0 saturated carbocycles. The Morgan fingerprint density at radius 2 is 1.31 bits per heavy atom. The third-order valence-corrected chi connectivity index (χ3v) is 6.77. The van der Waals surface area contributed by atoms with Gasteiger partial charge in [0.1, 0.15) is 5.69 Å². The molecule has 0 spiro atoms. The molecule has 0 aliphatic heterocycles. The van der Waals surface area contributed by atoms with E-state index >= 15 is 0 Å². The van der Waals surface area contributed by atoms with Gasteiger partial charge in [-0.2, -0.15) is 5.10 Å². The van der Waals surface area contributed by atoms with Crippen LogP contribution in [-0.4, -0.2) is 29.0 Å². The van der Waals surface area contributed by atoms with E-state index in [-0.39, 0.29) is 0 Å². The summed E-state index contributed by atoms with van der Waals surface area (Å²) in [4.78, 5) is 5.25. The van der Waals surface area contributed by atoms with Crippen molar-refractivity contribution in [3.63, 3.8) is 0 Å². The Morgan fingerprint density at radius 3 is 1.97 bits per heavy atom. The van der Waals surface area contributed by atoms with Crippen molar-refractivity contribution in [2.24, 2.45) is 0 Å². The van der Waals surface area contributed by atoms with Crippen LogP contribution in [0, 0.1) is 0 Å². The van der Waals surface area contributed by atoms with Gasteiger partial charge in [0, 0.05) is 26.4 Å². The summed E-state index contributed by atoms with van der Waals surface area (Å²) in [5.74, 6) is 1.31. The Morgan fingerprint density at radius 1 is 0.667 bits per heavy atom. The third kappa shape index (κ3) is 3.71. The molecule has 0 atom stereocenters. The van der Waals surface area contributed by atoms with Crippen molar-refractivity contribution in [3.8, 4) is 39.7 Å². The summed E-state index contributed by atoms with van der Waals surface area (Å²) in [5.41, 5.74) is 5.43. The first-order chi connectivity index (χ1) is 17.7. The minimum atomic E-state index is 0.652. The molecule has 2 aromatic heterocycles. The first-order valence-corrected chi connectivity index (χ1v) is 12.3. The fourth-order valence-corrected chi connectivity index (χ4v) is 5.01. The summed E-state index contributed by atoms with van der Waals surface area (Å²) in [7, 11) is 3.31. The summed E-state index contributed by atoms with van der Waals surface area (Å²) in [6, 6.07) is 32.5. The molecular formula is C30H22BrN3O2. The molecular weight excluding hydrogens is 514 g/mol. The van der Waals surface area contributed by atoms with Crippen molar-refractivity contribution in [1.82, 2.24) is 14.8 Å². The number of halogens is 1. The van der Waals surface area contributed by atoms with Gasteiger partial charge in [-0.3, -0.25) is 0 Å². The van der Waals surface area contributed by atoms with Gasteiger partial charge >= 0.3 is 0 Å². The number of ether oxygens (including phenoxy) is 2. The van der Waals surface area contributed by atoms with E-state index in [2.05, 4.69) is 40.2 Å². The fraction of sp³-hybridized carbons (Fsp3) is 0.0667. The van der Waals surface area contributed by atoms with Crippen LogP contribution in [0.4, 0.5) is 0 Å². The number of methoxy groups -OCH3 is 2. The van der Waals surface area contributed by atoms with Gasteiger partial charge in [-0.15, -0.1) is 0 Å². The van der Waals surface area contributed by atoms with Gasteiger partial charge in [-0.25, -0.2) is 9.67 Å². The van der Waals surface area contributed by atoms with Crippen LogP contribution in [0.2, 0.25) is 0 Å². The van der Waals surface area contributed by atoms with Gasteiger partial charge in [-0.1, -0.05) is 76.6 Å². The second kappa shape index (κ2) is 9.13. The molecule has 176 valence electrons. The first kappa shape index (κ1) is 22.3. The van der Waals surface area contributed by atoms with Crippen LogP contribution < -0.4 is 9.47 Å². The lowest BCUT2D eigenvalue weighted by Gasteiger charge is -2.14. The maximum atomic E-state index is 5.71. The van der Waals surface area contributed by atoms with E-state index in [1.807, 2.05) is 77.5 Å². The molecule has 2 heterocycles. The quantitative estimate of drug-likeness (QED) is 0.227. The average molecular weight is 536 g/mol. The molecule has 0 unspecified atom stereocenters. The van der Waals surface area contributed by atoms with Crippen molar-refractivity contribution in [2.45, 2.75) is 0 Å². The van der Waals surface area contributed by atoms with Crippen LogP contribution in [0.1, 0.15) is 0 Å². The Bertz CT molecular complexity index is 1710. The lowest BCUT2D eigenvalue weighted by atomic mass is 9.98. The van der Waals surface area contributed by atoms with Crippen LogP contribution in [0.3, 0.4) is 0 Å². The van der Waals surface area contributed by atoms with Gasteiger partial charge in [0.2, 0.25) is 0 Å². The monoisotopic (exact) mass is 535 g/mol. The molecule has 0 N–H and O–H groups in total. The highest BCUT2D eigenvalue weighted by Crippen LogP contribution is 2.43. The van der Waals surface area contributed by atoms with E-state index in [0.29, 0.717) is 11.5 Å². The highest BCUT2D eigenvalue weighted by molar-refractivity contribution is 9.10. The zero-order valence-electron chi connectivity index (χ0n) is 19.8. The predicted molar refractivity (Wildman–Crippen MR) is 148 cm³/mol. The van der Waals surface area contributed by atoms with Crippen molar-refractivity contribution >= 4 is 37.7 Å². The molecule has 0 amide bonds. The molecule has 6 heteroatoms. The number of aromatic nitrogens is 3. The average Bonchev–Trinajstić information content (AvgIpc) is 3.32. The molecule has 0 bridgehead atoms. The van der Waals surface area contributed by atoms with E-state index in [0.717, 1.165) is 54.5 Å². The van der Waals surface area contributed by atoms with Crippen LogP contribution in [0.25, 0.3) is 50.0 Å². The number of hydrogen-bond donors (Lipinski definition) is 0. The van der Waals surface area contributed by atoms with Crippen LogP contribution in [-0.2, 0) is 0 Å². The number of hydrogen-bond acceptors (Lipinski definition) is 4. The van der Waals surface area contributed by atoms with Gasteiger partial charge in [0.25, 0.3) is 0 Å². The zero-order valence-corrected chi connectivity index (χ0v) is 21.4. The minimum absolute atomic E-state index is 0.652. The van der Waals surface area contributed by atoms with Crippen molar-refractivity contribution in [2.75, 3.05) is 14.2 Å². The molecule has 0 fully saturated rings. The number of para-hydroxylation sites is 1. The van der Waals surface area contributed by atoms with E-state index in [4.69, 9.17) is 19.6 Å². The molecule has 0 saturated heterocycles. The zero-order chi connectivity index (χ0) is 24.6. The summed E-state index contributed by atoms with van der Waals surface area (Å²) >= 11 is 3.62. The van der Waals surface area contributed by atoms with Crippen molar-refractivity contribution < 1.29 is 9.47 Å². The third-order valence-electron chi connectivity index (χ3n) is 6.27. The smallest absolute Gasteiger partial charge is 0.164 e. The summed E-state index contributed by atoms with van der Waals surface area (Å²) < 4.78 is 14.3. The second-order valence-corrected chi connectivity index (χ2v) is 9.30. The Balaban J connectivity index is 1.82. The maximum absolute atomic E-state index is 5.71. The van der Waals surface area contributed by atoms with E-state index in [1.54, 1.807) is 14.2 Å². The van der Waals surface area contributed by atoms with Crippen molar-refractivity contribution in [1.29, 1.82) is 0 Å². The molecule has 6 aromatic rings. The van der Waals surface area contributed by atoms with Gasteiger partial charge in [-0.05, 0) is 36.4 Å². The predicted octanol–water partition coefficient (Wildman–Crippen LogP) is 7.69. The minimum Gasteiger partial charge on any atom is -0.493 e. The van der Waals surface area contributed by atoms with E-state index < -0.39 is 0 Å². The first-order valence-electron chi connectivity index (χ1n) is 11.5. The molecule has 5 nitrogen and oxygen atoms in total. The van der Waals surface area contributed by atoms with Gasteiger partial charge in [0.15, 0.2) is 17.1 Å². The Hall–Kier alpha value is -4.16. The topological polar surface area (TPSA) is 49.2 Å². The molecule has 36 heavy (non-hydrogen) atoms. The van der Waals surface area contributed by atoms with Gasteiger partial charge in [0.05, 0.1) is 31.0 Å². The maximum Gasteiger partial charge on any atom is 0.164 e. The number of benzene rings is 4. The lowest BCUT2D eigenvalue weighted by Crippen LogP contribution is -1.99. The van der Waals surface area contributed by atoms with E-state index in [9.17, 15) is 0 Å². The fourth-order valence-electron chi connectivity index (χ4n) is 4.61. The van der Waals surface area contributed by atoms with Crippen molar-refractivity contribution in [3.05, 3.63) is 102 Å². The SMILES string of the molecule is COc1cc2c(-c3cccc(Br)c3)nc3c(c(-c4ccccc4)nn3-c3ccccc3)c2cc1OC. The molecule has 0 radical (unpaired) electrons. The normalized spacial score (nSPS) is 11.2. The molecule has 4 aromatic carbocycles. The largest absolute Gasteiger partial charge is 0.493 e. The van der Waals surface area contributed by atoms with Crippen LogP contribution in [0.5, 0.6) is 11.5 Å². The highest BCUT2D eigenvalue weighted by Gasteiger charge is 2.22. The molecule has 0 aliphatic carbocycles. The number of nitrogens with zero attached hydrogens (tertiary/aromatic N) is 3.